The fraction of sp³-hybridized carbons (Fsp3) is 0.238. The molecular weight excluding hydrogens is 404 g/mol. The van der Waals surface area contributed by atoms with Crippen molar-refractivity contribution in [2.45, 2.75) is 12.1 Å². The molecule has 1 fully saturated rings. The Morgan fingerprint density at radius 1 is 1.27 bits per heavy atom. The molecule has 0 aliphatic carbocycles. The Balaban J connectivity index is 1.71. The van der Waals surface area contributed by atoms with Gasteiger partial charge in [-0.05, 0) is 36.5 Å². The molecule has 4 rings (SSSR count). The lowest BCUT2D eigenvalue weighted by atomic mass is 10.0. The number of methoxy groups -OCH3 is 1. The van der Waals surface area contributed by atoms with E-state index in [2.05, 4.69) is 10.3 Å². The van der Waals surface area contributed by atoms with Crippen LogP contribution in [0.25, 0.3) is 11.3 Å². The first-order valence-corrected chi connectivity index (χ1v) is 9.81. The fourth-order valence-corrected chi connectivity index (χ4v) is 3.92. The molecule has 2 aromatic heterocycles. The molecule has 154 valence electrons. The summed E-state index contributed by atoms with van der Waals surface area (Å²) in [5.41, 5.74) is 1.50. The Labute approximate surface area is 178 Å². The van der Waals surface area contributed by atoms with E-state index in [4.69, 9.17) is 21.4 Å². The largest absolute Gasteiger partial charge is 0.459 e. The monoisotopic (exact) mass is 424 g/mol. The summed E-state index contributed by atoms with van der Waals surface area (Å²) >= 11 is 5.57. The van der Waals surface area contributed by atoms with Crippen molar-refractivity contribution in [1.82, 2.24) is 15.2 Å². The Kier molecular flexibility index (Phi) is 5.73. The molecule has 1 aliphatic heterocycles. The van der Waals surface area contributed by atoms with E-state index in [0.717, 1.165) is 5.69 Å². The van der Waals surface area contributed by atoms with Crippen LogP contribution in [0.2, 0.25) is 0 Å². The quantitative estimate of drug-likeness (QED) is 0.347. The molecule has 0 radical (unpaired) electrons. The topological polar surface area (TPSA) is 93.7 Å². The third-order valence-electron chi connectivity index (χ3n) is 4.99. The molecule has 1 saturated heterocycles. The van der Waals surface area contributed by atoms with Gasteiger partial charge in [0.25, 0.3) is 5.69 Å². The minimum Gasteiger partial charge on any atom is -0.459 e. The second kappa shape index (κ2) is 8.60. The molecule has 0 bridgehead atoms. The van der Waals surface area contributed by atoms with E-state index < -0.39 is 4.92 Å². The van der Waals surface area contributed by atoms with Crippen molar-refractivity contribution in [3.63, 3.8) is 0 Å². The first-order valence-electron chi connectivity index (χ1n) is 9.40. The van der Waals surface area contributed by atoms with Crippen molar-refractivity contribution in [1.29, 1.82) is 0 Å². The maximum Gasteiger partial charge on any atom is 0.270 e. The van der Waals surface area contributed by atoms with Gasteiger partial charge in [-0.1, -0.05) is 18.2 Å². The zero-order valence-corrected chi connectivity index (χ0v) is 17.0. The van der Waals surface area contributed by atoms with Crippen LogP contribution in [0.3, 0.4) is 0 Å². The summed E-state index contributed by atoms with van der Waals surface area (Å²) in [4.78, 5) is 17.2. The number of non-ortho nitro benzene ring substituents is 1. The predicted molar refractivity (Wildman–Crippen MR) is 115 cm³/mol. The van der Waals surface area contributed by atoms with Gasteiger partial charge in [-0.25, -0.2) is 0 Å². The molecule has 3 aromatic rings. The Morgan fingerprint density at radius 3 is 2.87 bits per heavy atom. The van der Waals surface area contributed by atoms with Gasteiger partial charge >= 0.3 is 0 Å². The van der Waals surface area contributed by atoms with Crippen LogP contribution in [0.1, 0.15) is 23.5 Å². The zero-order chi connectivity index (χ0) is 21.1. The lowest BCUT2D eigenvalue weighted by Crippen LogP contribution is -2.32. The van der Waals surface area contributed by atoms with Crippen molar-refractivity contribution in [3.8, 4) is 11.3 Å². The van der Waals surface area contributed by atoms with E-state index >= 15 is 0 Å². The number of ether oxygens (including phenoxy) is 1. The van der Waals surface area contributed by atoms with E-state index in [1.54, 1.807) is 25.4 Å². The number of nitrogens with one attached hydrogen (secondary N) is 1. The van der Waals surface area contributed by atoms with Crippen LogP contribution < -0.4 is 5.32 Å². The Morgan fingerprint density at radius 2 is 2.13 bits per heavy atom. The third-order valence-corrected chi connectivity index (χ3v) is 5.35. The normalized spacial score (nSPS) is 18.4. The minimum absolute atomic E-state index is 0.0160. The van der Waals surface area contributed by atoms with Gasteiger partial charge in [-0.15, -0.1) is 0 Å². The molecule has 2 atom stereocenters. The number of furan rings is 1. The predicted octanol–water partition coefficient (Wildman–Crippen LogP) is 3.87. The summed E-state index contributed by atoms with van der Waals surface area (Å²) in [6, 6.07) is 15.4. The molecule has 1 aromatic carbocycles. The summed E-state index contributed by atoms with van der Waals surface area (Å²) in [5, 5.41) is 15.0. The molecular formula is C21H20N4O4S. The number of hydrogen-bond donors (Lipinski definition) is 1. The average Bonchev–Trinajstić information content (AvgIpc) is 3.37. The van der Waals surface area contributed by atoms with Gasteiger partial charge in [0.2, 0.25) is 0 Å². The van der Waals surface area contributed by atoms with Crippen LogP contribution in [0.15, 0.2) is 65.2 Å². The molecule has 0 amide bonds. The number of hydrogen-bond acceptors (Lipinski definition) is 6. The molecule has 1 aliphatic rings. The van der Waals surface area contributed by atoms with Crippen LogP contribution in [-0.2, 0) is 4.74 Å². The summed E-state index contributed by atoms with van der Waals surface area (Å²) in [6.45, 7) is 1.09. The number of nitro benzene ring substituents is 1. The van der Waals surface area contributed by atoms with E-state index in [1.165, 1.54) is 12.1 Å². The van der Waals surface area contributed by atoms with Crippen LogP contribution >= 0.6 is 12.2 Å². The van der Waals surface area contributed by atoms with E-state index in [1.807, 2.05) is 35.2 Å². The van der Waals surface area contributed by atoms with Gasteiger partial charge in [0.05, 0.1) is 23.3 Å². The molecule has 1 N–H and O–H groups in total. The highest BCUT2D eigenvalue weighted by Crippen LogP contribution is 2.40. The highest BCUT2D eigenvalue weighted by Gasteiger charge is 2.41. The van der Waals surface area contributed by atoms with Gasteiger partial charge in [0.1, 0.15) is 17.6 Å². The second-order valence-electron chi connectivity index (χ2n) is 6.82. The number of rotatable bonds is 7. The first kappa shape index (κ1) is 20.0. The van der Waals surface area contributed by atoms with Gasteiger partial charge in [0.15, 0.2) is 5.11 Å². The number of nitrogens with zero attached hydrogens (tertiary/aromatic N) is 3. The van der Waals surface area contributed by atoms with Crippen LogP contribution in [0.4, 0.5) is 5.69 Å². The van der Waals surface area contributed by atoms with Crippen LogP contribution in [0, 0.1) is 10.1 Å². The fourth-order valence-electron chi connectivity index (χ4n) is 3.58. The second-order valence-corrected chi connectivity index (χ2v) is 7.21. The molecule has 9 heteroatoms. The van der Waals surface area contributed by atoms with Gasteiger partial charge in [-0.2, -0.15) is 0 Å². The number of thiocarbonyl (C=S) groups is 1. The highest BCUT2D eigenvalue weighted by atomic mass is 32.1. The van der Waals surface area contributed by atoms with Gasteiger partial charge in [-0.3, -0.25) is 15.1 Å². The summed E-state index contributed by atoms with van der Waals surface area (Å²) in [5.74, 6) is 1.24. The zero-order valence-electron chi connectivity index (χ0n) is 16.2. The van der Waals surface area contributed by atoms with Crippen LogP contribution in [-0.4, -0.2) is 40.2 Å². The van der Waals surface area contributed by atoms with Crippen molar-refractivity contribution in [2.75, 3.05) is 20.3 Å². The van der Waals surface area contributed by atoms with Gasteiger partial charge in [0, 0.05) is 37.5 Å². The maximum atomic E-state index is 11.1. The number of aromatic nitrogens is 1. The molecule has 3 heterocycles. The van der Waals surface area contributed by atoms with E-state index in [0.29, 0.717) is 35.3 Å². The molecule has 2 unspecified atom stereocenters. The van der Waals surface area contributed by atoms with Crippen molar-refractivity contribution < 1.29 is 14.1 Å². The van der Waals surface area contributed by atoms with Crippen molar-refractivity contribution in [2.24, 2.45) is 0 Å². The molecule has 8 nitrogen and oxygen atoms in total. The van der Waals surface area contributed by atoms with Crippen molar-refractivity contribution in [3.05, 3.63) is 82.4 Å². The number of pyridine rings is 1. The Bertz CT molecular complexity index is 1060. The summed E-state index contributed by atoms with van der Waals surface area (Å²) in [6.07, 6.45) is 1.74. The lowest BCUT2D eigenvalue weighted by Gasteiger charge is -2.25. The molecule has 0 saturated carbocycles. The average molecular weight is 424 g/mol. The smallest absolute Gasteiger partial charge is 0.270 e. The Hall–Kier alpha value is -3.30. The summed E-state index contributed by atoms with van der Waals surface area (Å²) < 4.78 is 11.4. The number of nitro groups is 1. The minimum atomic E-state index is -0.420. The van der Waals surface area contributed by atoms with E-state index in [9.17, 15) is 10.1 Å². The summed E-state index contributed by atoms with van der Waals surface area (Å²) in [7, 11) is 1.64. The number of benzene rings is 1. The first-order chi connectivity index (χ1) is 14.6. The maximum absolute atomic E-state index is 11.1. The molecule has 0 spiro atoms. The highest BCUT2D eigenvalue weighted by molar-refractivity contribution is 7.80. The van der Waals surface area contributed by atoms with Crippen LogP contribution in [0.5, 0.6) is 0 Å². The SMILES string of the molecule is COCCN1C(=S)NC(c2ccccn2)C1c1ccc(-c2cccc([N+](=O)[O-])c2)o1. The lowest BCUT2D eigenvalue weighted by molar-refractivity contribution is -0.384. The standard InChI is InChI=1S/C21H20N4O4S/c1-28-12-11-24-20(19(23-21(24)30)16-7-2-3-10-22-16)18-9-8-17(29-18)14-5-4-6-15(13-14)25(26)27/h2-10,13,19-20H,11-12H2,1H3,(H,23,30). The third kappa shape index (κ3) is 3.89. The van der Waals surface area contributed by atoms with Crippen molar-refractivity contribution >= 4 is 23.0 Å². The van der Waals surface area contributed by atoms with E-state index in [-0.39, 0.29) is 17.8 Å². The molecule has 30 heavy (non-hydrogen) atoms. The van der Waals surface area contributed by atoms with Gasteiger partial charge < -0.3 is 19.4 Å².